The second-order valence-electron chi connectivity index (χ2n) is 8.72. The summed E-state index contributed by atoms with van der Waals surface area (Å²) >= 11 is 6.02. The Hall–Kier alpha value is -4.05. The molecule has 0 atom stereocenters. The first-order chi connectivity index (χ1) is 17.3. The number of methoxy groups -OCH3 is 1. The number of hydrogen-bond acceptors (Lipinski definition) is 6. The van der Waals surface area contributed by atoms with Crippen molar-refractivity contribution < 1.29 is 24.5 Å². The number of hydrogen-bond donors (Lipinski definition) is 2. The molecule has 2 aromatic carbocycles. The number of nitrogens with zero attached hydrogens (tertiary/aromatic N) is 4. The molecule has 1 aliphatic rings. The van der Waals surface area contributed by atoms with E-state index in [1.807, 2.05) is 0 Å². The third-order valence-electron chi connectivity index (χ3n) is 6.57. The predicted molar refractivity (Wildman–Crippen MR) is 132 cm³/mol. The lowest BCUT2D eigenvalue weighted by atomic mass is 9.96. The number of amides is 1. The molecule has 1 aliphatic heterocycles. The van der Waals surface area contributed by atoms with Gasteiger partial charge in [0.2, 0.25) is 0 Å². The molecular weight excluding hydrogens is 488 g/mol. The molecule has 2 N–H and O–H groups in total. The van der Waals surface area contributed by atoms with Crippen LogP contribution < -0.4 is 10.3 Å². The molecule has 11 heteroatoms. The second-order valence-corrected chi connectivity index (χ2v) is 9.16. The Morgan fingerprint density at radius 1 is 1.14 bits per heavy atom. The smallest absolute Gasteiger partial charge is 0.306 e. The fourth-order valence-electron chi connectivity index (χ4n) is 4.59. The molecule has 1 fully saturated rings. The van der Waals surface area contributed by atoms with E-state index in [-0.39, 0.29) is 38.1 Å². The van der Waals surface area contributed by atoms with E-state index in [9.17, 15) is 24.6 Å². The highest BCUT2D eigenvalue weighted by Gasteiger charge is 2.32. The maximum atomic E-state index is 13.8. The van der Waals surface area contributed by atoms with Crippen LogP contribution in [0, 0.1) is 5.92 Å². The first-order valence-corrected chi connectivity index (χ1v) is 11.7. The first kappa shape index (κ1) is 23.7. The van der Waals surface area contributed by atoms with Gasteiger partial charge in [-0.05, 0) is 42.7 Å². The SMILES string of the molecule is COc1ccc2c(c1)nc1c(O)c(C(=O)N3CCC(C(=O)O)CC3)c(=O)n(Cc3ccc(Cl)cc3)n12. The van der Waals surface area contributed by atoms with Crippen LogP contribution in [-0.4, -0.2) is 61.4 Å². The molecule has 3 heterocycles. The summed E-state index contributed by atoms with van der Waals surface area (Å²) in [6, 6.07) is 12.1. The van der Waals surface area contributed by atoms with E-state index in [1.54, 1.807) is 42.5 Å². The van der Waals surface area contributed by atoms with E-state index in [0.717, 1.165) is 5.56 Å². The normalized spacial score (nSPS) is 14.4. The molecule has 10 nitrogen and oxygen atoms in total. The van der Waals surface area contributed by atoms with Gasteiger partial charge in [0.1, 0.15) is 5.75 Å². The minimum absolute atomic E-state index is 0.0515. The topological polar surface area (TPSA) is 126 Å². The third kappa shape index (κ3) is 4.03. The van der Waals surface area contributed by atoms with Crippen LogP contribution in [0.5, 0.6) is 11.5 Å². The van der Waals surface area contributed by atoms with Gasteiger partial charge in [-0.2, -0.15) is 0 Å². The van der Waals surface area contributed by atoms with Crippen LogP contribution in [0.2, 0.25) is 5.02 Å². The highest BCUT2D eigenvalue weighted by atomic mass is 35.5. The quantitative estimate of drug-likeness (QED) is 0.422. The maximum absolute atomic E-state index is 13.8. The van der Waals surface area contributed by atoms with Crippen molar-refractivity contribution >= 4 is 40.2 Å². The molecule has 5 rings (SSSR count). The molecular formula is C25H23ClN4O6. The molecule has 4 aromatic rings. The number of carboxylic acid groups (broad SMARTS) is 1. The molecule has 0 radical (unpaired) electrons. The molecule has 0 bridgehead atoms. The molecule has 0 unspecified atom stereocenters. The Morgan fingerprint density at radius 2 is 1.83 bits per heavy atom. The number of carboxylic acids is 1. The van der Waals surface area contributed by atoms with Gasteiger partial charge in [0.15, 0.2) is 17.0 Å². The highest BCUT2D eigenvalue weighted by molar-refractivity contribution is 6.30. The number of aliphatic carboxylic acids is 1. The predicted octanol–water partition coefficient (Wildman–Crippen LogP) is 3.00. The molecule has 36 heavy (non-hydrogen) atoms. The monoisotopic (exact) mass is 510 g/mol. The van der Waals surface area contributed by atoms with Gasteiger partial charge in [0, 0.05) is 24.2 Å². The number of halogens is 1. The standard InChI is InChI=1S/C25H23ClN4O6/c1-36-17-6-7-19-18(12-17)27-22-21(31)20(23(32)28-10-8-15(9-11-28)25(34)35)24(33)29(30(19)22)13-14-2-4-16(26)5-3-14/h2-7,12,15,31H,8-11,13H2,1H3,(H,34,35). The van der Waals surface area contributed by atoms with E-state index in [4.69, 9.17) is 16.3 Å². The Balaban J connectivity index is 1.68. The van der Waals surface area contributed by atoms with Crippen LogP contribution in [0.1, 0.15) is 28.8 Å². The van der Waals surface area contributed by atoms with Crippen molar-refractivity contribution in [1.82, 2.24) is 19.1 Å². The number of imidazole rings is 1. The molecule has 1 saturated heterocycles. The number of ether oxygens (including phenoxy) is 1. The molecule has 1 amide bonds. The molecule has 0 spiro atoms. The lowest BCUT2D eigenvalue weighted by Crippen LogP contribution is -2.43. The third-order valence-corrected chi connectivity index (χ3v) is 6.82. The van der Waals surface area contributed by atoms with Crippen LogP contribution in [-0.2, 0) is 11.3 Å². The van der Waals surface area contributed by atoms with Crippen LogP contribution in [0.15, 0.2) is 47.3 Å². The summed E-state index contributed by atoms with van der Waals surface area (Å²) < 4.78 is 8.13. The maximum Gasteiger partial charge on any atom is 0.306 e. The van der Waals surface area contributed by atoms with Crippen LogP contribution in [0.4, 0.5) is 0 Å². The van der Waals surface area contributed by atoms with E-state index in [2.05, 4.69) is 4.98 Å². The Labute approximate surface area is 209 Å². The summed E-state index contributed by atoms with van der Waals surface area (Å²) in [5.74, 6) is -2.07. The summed E-state index contributed by atoms with van der Waals surface area (Å²) in [5, 5.41) is 20.9. The Morgan fingerprint density at radius 3 is 2.47 bits per heavy atom. The first-order valence-electron chi connectivity index (χ1n) is 11.4. The lowest BCUT2D eigenvalue weighted by Gasteiger charge is -2.30. The Kier molecular flexibility index (Phi) is 6.05. The average molecular weight is 511 g/mol. The zero-order chi connectivity index (χ0) is 25.6. The van der Waals surface area contributed by atoms with Crippen molar-refractivity contribution in [2.75, 3.05) is 20.2 Å². The number of likely N-dealkylation sites (tertiary alicyclic amines) is 1. The number of aromatic nitrogens is 3. The number of piperidine rings is 1. The highest BCUT2D eigenvalue weighted by Crippen LogP contribution is 2.29. The van der Waals surface area contributed by atoms with Crippen LogP contribution in [0.3, 0.4) is 0 Å². The second kappa shape index (κ2) is 9.19. The van der Waals surface area contributed by atoms with Gasteiger partial charge in [0.05, 0.1) is 30.6 Å². The number of carbonyl (C=O) groups is 2. The zero-order valence-corrected chi connectivity index (χ0v) is 20.1. The van der Waals surface area contributed by atoms with Crippen molar-refractivity contribution in [2.45, 2.75) is 19.4 Å². The van der Waals surface area contributed by atoms with Crippen LogP contribution >= 0.6 is 11.6 Å². The minimum Gasteiger partial charge on any atom is -0.504 e. The van der Waals surface area contributed by atoms with Gasteiger partial charge in [0.25, 0.3) is 11.5 Å². The van der Waals surface area contributed by atoms with Crippen molar-refractivity contribution in [3.8, 4) is 11.5 Å². The average Bonchev–Trinajstić information content (AvgIpc) is 3.26. The summed E-state index contributed by atoms with van der Waals surface area (Å²) in [6.07, 6.45) is 0.548. The number of fused-ring (bicyclic) bond motifs is 3. The van der Waals surface area contributed by atoms with Gasteiger partial charge in [-0.1, -0.05) is 23.7 Å². The van der Waals surface area contributed by atoms with E-state index in [0.29, 0.717) is 21.8 Å². The van der Waals surface area contributed by atoms with Gasteiger partial charge in [-0.3, -0.25) is 14.4 Å². The molecule has 186 valence electrons. The number of benzene rings is 2. The Bertz CT molecular complexity index is 1550. The number of rotatable bonds is 5. The lowest BCUT2D eigenvalue weighted by molar-refractivity contribution is -0.143. The summed E-state index contributed by atoms with van der Waals surface area (Å²) in [4.78, 5) is 44.4. The van der Waals surface area contributed by atoms with Crippen molar-refractivity contribution in [2.24, 2.45) is 5.92 Å². The summed E-state index contributed by atoms with van der Waals surface area (Å²) in [7, 11) is 1.52. The van der Waals surface area contributed by atoms with Crippen molar-refractivity contribution in [1.29, 1.82) is 0 Å². The van der Waals surface area contributed by atoms with Crippen molar-refractivity contribution in [3.63, 3.8) is 0 Å². The van der Waals surface area contributed by atoms with E-state index >= 15 is 0 Å². The zero-order valence-electron chi connectivity index (χ0n) is 19.3. The fourth-order valence-corrected chi connectivity index (χ4v) is 4.72. The molecule has 0 saturated carbocycles. The van der Waals surface area contributed by atoms with E-state index < -0.39 is 34.7 Å². The number of aromatic hydroxyl groups is 1. The van der Waals surface area contributed by atoms with E-state index in [1.165, 1.54) is 21.2 Å². The fraction of sp³-hybridized carbons (Fsp3) is 0.280. The number of carbonyl (C=O) groups excluding carboxylic acids is 1. The van der Waals surface area contributed by atoms with Crippen LogP contribution in [0.25, 0.3) is 16.7 Å². The summed E-state index contributed by atoms with van der Waals surface area (Å²) in [5.41, 5.74) is 0.747. The summed E-state index contributed by atoms with van der Waals surface area (Å²) in [6.45, 7) is 0.432. The van der Waals surface area contributed by atoms with Gasteiger partial charge >= 0.3 is 5.97 Å². The largest absolute Gasteiger partial charge is 0.504 e. The molecule has 2 aromatic heterocycles. The molecule has 0 aliphatic carbocycles. The van der Waals surface area contributed by atoms with Crippen molar-refractivity contribution in [3.05, 3.63) is 69.0 Å². The minimum atomic E-state index is -0.906. The van der Waals surface area contributed by atoms with Gasteiger partial charge in [-0.15, -0.1) is 0 Å². The van der Waals surface area contributed by atoms with Gasteiger partial charge in [-0.25, -0.2) is 14.2 Å². The van der Waals surface area contributed by atoms with Gasteiger partial charge < -0.3 is 19.8 Å².